The second-order valence-corrected chi connectivity index (χ2v) is 12.3. The van der Waals surface area contributed by atoms with E-state index < -0.39 is 0 Å². The normalized spacial score (nSPS) is 12.1. The van der Waals surface area contributed by atoms with Crippen molar-refractivity contribution < 1.29 is 0 Å². The molecule has 0 aliphatic rings. The van der Waals surface area contributed by atoms with E-state index in [1.165, 1.54) is 52.5 Å². The average molecular weight is 579 g/mol. The van der Waals surface area contributed by atoms with E-state index in [0.29, 0.717) is 11.6 Å². The van der Waals surface area contributed by atoms with E-state index in [1.54, 1.807) is 0 Å². The van der Waals surface area contributed by atoms with Gasteiger partial charge in [0, 0.05) is 53.5 Å². The molecule has 0 saturated carbocycles. The summed E-state index contributed by atoms with van der Waals surface area (Å²) < 4.78 is 4.83. The zero-order chi connectivity index (χ0) is 28.8. The van der Waals surface area contributed by atoms with Gasteiger partial charge in [0.15, 0.2) is 5.65 Å². The van der Waals surface area contributed by atoms with Crippen LogP contribution in [0.15, 0.2) is 134 Å². The molecule has 204 valence electrons. The summed E-state index contributed by atoms with van der Waals surface area (Å²) in [6.07, 6.45) is 1.81. The van der Waals surface area contributed by atoms with E-state index >= 15 is 0 Å². The van der Waals surface area contributed by atoms with Gasteiger partial charge in [-0.15, -0.1) is 11.3 Å². The first-order valence-electron chi connectivity index (χ1n) is 14.7. The van der Waals surface area contributed by atoms with Crippen molar-refractivity contribution in [2.75, 3.05) is 0 Å². The van der Waals surface area contributed by atoms with Crippen LogP contribution in [-0.4, -0.2) is 19.5 Å². The fourth-order valence-electron chi connectivity index (χ4n) is 6.93. The van der Waals surface area contributed by atoms with Crippen LogP contribution in [0.2, 0.25) is 0 Å². The molecular weight excluding hydrogens is 557 g/mol. The smallest absolute Gasteiger partial charge is 0.237 e. The maximum absolute atomic E-state index is 5.39. The van der Waals surface area contributed by atoms with Crippen molar-refractivity contribution in [3.05, 3.63) is 134 Å². The van der Waals surface area contributed by atoms with E-state index in [4.69, 9.17) is 15.0 Å². The molecule has 0 bridgehead atoms. The van der Waals surface area contributed by atoms with Crippen molar-refractivity contribution in [2.24, 2.45) is 0 Å². The van der Waals surface area contributed by atoms with Crippen molar-refractivity contribution in [3.63, 3.8) is 0 Å². The Kier molecular flexibility index (Phi) is 4.84. The van der Waals surface area contributed by atoms with Crippen LogP contribution in [0.1, 0.15) is 0 Å². The highest BCUT2D eigenvalue weighted by atomic mass is 32.1. The summed E-state index contributed by atoms with van der Waals surface area (Å²) in [4.78, 5) is 15.3. The molecule has 10 rings (SSSR count). The van der Waals surface area contributed by atoms with Crippen molar-refractivity contribution in [3.8, 4) is 17.2 Å². The van der Waals surface area contributed by atoms with Crippen LogP contribution in [0, 0.1) is 0 Å². The minimum Gasteiger partial charge on any atom is -0.277 e. The van der Waals surface area contributed by atoms with Gasteiger partial charge in [-0.3, -0.25) is 4.57 Å². The van der Waals surface area contributed by atoms with Crippen LogP contribution in [0.4, 0.5) is 0 Å². The standard InChI is InChI=1S/C39H22N4S/c1-2-11-24-22-25(20-19-23(24)10-1)35-30-16-9-21-40-38(30)42-39(41-35)43-31-17-7-5-14-28(31)33-26-12-3-4-13-27(26)37-34(36(33)43)29-15-6-8-18-32(29)44-37/h1-22H. The summed E-state index contributed by atoms with van der Waals surface area (Å²) in [7, 11) is 0. The van der Waals surface area contributed by atoms with Gasteiger partial charge in [0.1, 0.15) is 0 Å². The highest BCUT2D eigenvalue weighted by Crippen LogP contribution is 2.47. The van der Waals surface area contributed by atoms with Gasteiger partial charge in [0.05, 0.1) is 16.7 Å². The molecule has 0 amide bonds. The lowest BCUT2D eigenvalue weighted by Gasteiger charge is -2.13. The van der Waals surface area contributed by atoms with Crippen LogP contribution in [0.3, 0.4) is 0 Å². The molecule has 0 unspecified atom stereocenters. The Morgan fingerprint density at radius 2 is 1.27 bits per heavy atom. The fourth-order valence-corrected chi connectivity index (χ4v) is 8.18. The Bertz CT molecular complexity index is 2790. The Hall–Kier alpha value is -5.65. The van der Waals surface area contributed by atoms with E-state index in [1.807, 2.05) is 23.6 Å². The van der Waals surface area contributed by atoms with Gasteiger partial charge >= 0.3 is 0 Å². The predicted molar refractivity (Wildman–Crippen MR) is 185 cm³/mol. The molecule has 0 radical (unpaired) electrons. The number of pyridine rings is 1. The van der Waals surface area contributed by atoms with E-state index in [0.717, 1.165) is 27.7 Å². The SMILES string of the molecule is c1ccc2cc(-c3nc(-n4c5ccccc5c5c6ccccc6c6sc7ccccc7c6c54)nc4ncccc34)ccc2c1. The number of aromatic nitrogens is 4. The number of benzene rings is 6. The molecule has 44 heavy (non-hydrogen) atoms. The monoisotopic (exact) mass is 578 g/mol. The van der Waals surface area contributed by atoms with Gasteiger partial charge in [-0.2, -0.15) is 4.98 Å². The van der Waals surface area contributed by atoms with Gasteiger partial charge in [-0.1, -0.05) is 97.1 Å². The summed E-state index contributed by atoms with van der Waals surface area (Å²) in [6.45, 7) is 0. The van der Waals surface area contributed by atoms with Gasteiger partial charge in [0.2, 0.25) is 5.95 Å². The molecule has 0 aliphatic heterocycles. The molecule has 4 nitrogen and oxygen atoms in total. The molecule has 0 N–H and O–H groups in total. The minimum atomic E-state index is 0.623. The van der Waals surface area contributed by atoms with Crippen LogP contribution in [0.25, 0.3) is 91.8 Å². The molecule has 0 spiro atoms. The molecule has 4 heterocycles. The number of fused-ring (bicyclic) bond motifs is 12. The van der Waals surface area contributed by atoms with Crippen molar-refractivity contribution in [1.82, 2.24) is 19.5 Å². The van der Waals surface area contributed by atoms with Gasteiger partial charge in [0.25, 0.3) is 0 Å². The molecule has 0 fully saturated rings. The zero-order valence-electron chi connectivity index (χ0n) is 23.4. The summed E-state index contributed by atoms with van der Waals surface area (Å²) in [6, 6.07) is 45.2. The summed E-state index contributed by atoms with van der Waals surface area (Å²) >= 11 is 1.86. The van der Waals surface area contributed by atoms with E-state index in [9.17, 15) is 0 Å². The molecular formula is C39H22N4S. The zero-order valence-corrected chi connectivity index (χ0v) is 24.2. The molecule has 0 aliphatic carbocycles. The number of thiophene rings is 1. The van der Waals surface area contributed by atoms with E-state index in [-0.39, 0.29) is 0 Å². The summed E-state index contributed by atoms with van der Waals surface area (Å²) in [5.41, 5.74) is 4.82. The molecule has 6 aromatic carbocycles. The maximum atomic E-state index is 5.39. The predicted octanol–water partition coefficient (Wildman–Crippen LogP) is 10.5. The first-order chi connectivity index (χ1) is 21.8. The van der Waals surface area contributed by atoms with E-state index in [2.05, 4.69) is 126 Å². The summed E-state index contributed by atoms with van der Waals surface area (Å²) in [5.74, 6) is 0.623. The topological polar surface area (TPSA) is 43.6 Å². The molecule has 4 aromatic heterocycles. The first kappa shape index (κ1) is 23.9. The quantitative estimate of drug-likeness (QED) is 0.205. The second kappa shape index (κ2) is 8.93. The molecule has 0 saturated heterocycles. The van der Waals surface area contributed by atoms with Crippen LogP contribution >= 0.6 is 11.3 Å². The average Bonchev–Trinajstić information content (AvgIpc) is 3.64. The highest BCUT2D eigenvalue weighted by Gasteiger charge is 2.23. The number of nitrogens with zero attached hydrogens (tertiary/aromatic N) is 4. The first-order valence-corrected chi connectivity index (χ1v) is 15.5. The van der Waals surface area contributed by atoms with Crippen molar-refractivity contribution >= 4 is 85.9 Å². The number of rotatable bonds is 2. The second-order valence-electron chi connectivity index (χ2n) is 11.2. The third-order valence-electron chi connectivity index (χ3n) is 8.83. The minimum absolute atomic E-state index is 0.623. The molecule has 0 atom stereocenters. The van der Waals surface area contributed by atoms with Gasteiger partial charge < -0.3 is 0 Å². The Balaban J connectivity index is 1.41. The third kappa shape index (κ3) is 3.24. The summed E-state index contributed by atoms with van der Waals surface area (Å²) in [5, 5.41) is 10.7. The molecule has 10 aromatic rings. The number of hydrogen-bond acceptors (Lipinski definition) is 4. The maximum Gasteiger partial charge on any atom is 0.237 e. The van der Waals surface area contributed by atoms with Crippen molar-refractivity contribution in [1.29, 1.82) is 0 Å². The Morgan fingerprint density at radius 3 is 2.18 bits per heavy atom. The van der Waals surface area contributed by atoms with Gasteiger partial charge in [-0.05, 0) is 46.5 Å². The largest absolute Gasteiger partial charge is 0.277 e. The third-order valence-corrected chi connectivity index (χ3v) is 10.0. The van der Waals surface area contributed by atoms with Crippen LogP contribution in [-0.2, 0) is 0 Å². The van der Waals surface area contributed by atoms with Crippen molar-refractivity contribution in [2.45, 2.75) is 0 Å². The highest BCUT2D eigenvalue weighted by molar-refractivity contribution is 7.27. The van der Waals surface area contributed by atoms with Crippen LogP contribution in [0.5, 0.6) is 0 Å². The Morgan fingerprint density at radius 1 is 0.545 bits per heavy atom. The van der Waals surface area contributed by atoms with Crippen LogP contribution < -0.4 is 0 Å². The van der Waals surface area contributed by atoms with Gasteiger partial charge in [-0.25, -0.2) is 9.97 Å². The molecule has 5 heteroatoms. The lowest BCUT2D eigenvalue weighted by Crippen LogP contribution is -2.04. The number of para-hydroxylation sites is 1. The number of hydrogen-bond donors (Lipinski definition) is 0. The lowest BCUT2D eigenvalue weighted by molar-refractivity contribution is 1.01. The fraction of sp³-hybridized carbons (Fsp3) is 0. The Labute approximate surface area is 255 Å². The lowest BCUT2D eigenvalue weighted by atomic mass is 10.00.